The van der Waals surface area contributed by atoms with Crippen molar-refractivity contribution in [2.75, 3.05) is 20.1 Å². The monoisotopic (exact) mass is 232 g/mol. The van der Waals surface area contributed by atoms with E-state index in [2.05, 4.69) is 41.8 Å². The van der Waals surface area contributed by atoms with Gasteiger partial charge >= 0.3 is 0 Å². The predicted molar refractivity (Wildman–Crippen MR) is 69.0 cm³/mol. The van der Waals surface area contributed by atoms with Crippen molar-refractivity contribution in [3.8, 4) is 0 Å². The molecule has 3 heteroatoms. The maximum Gasteiger partial charge on any atom is 0.224 e. The van der Waals surface area contributed by atoms with Gasteiger partial charge in [0.2, 0.25) is 5.91 Å². The van der Waals surface area contributed by atoms with Crippen LogP contribution in [-0.2, 0) is 11.2 Å². The van der Waals surface area contributed by atoms with Gasteiger partial charge in [-0.3, -0.25) is 4.79 Å². The average molecular weight is 232 g/mol. The topological polar surface area (TPSA) is 41.1 Å². The molecule has 0 saturated carbocycles. The summed E-state index contributed by atoms with van der Waals surface area (Å²) in [6.07, 6.45) is 1.06. The van der Waals surface area contributed by atoms with Gasteiger partial charge in [0.05, 0.1) is 5.92 Å². The molecule has 1 aromatic rings. The van der Waals surface area contributed by atoms with E-state index in [9.17, 15) is 4.79 Å². The first kappa shape index (κ1) is 12.1. The molecular formula is C14H20N2O. The van der Waals surface area contributed by atoms with Crippen LogP contribution in [0.4, 0.5) is 0 Å². The van der Waals surface area contributed by atoms with E-state index in [1.54, 1.807) is 7.05 Å². The zero-order chi connectivity index (χ0) is 12.3. The maximum absolute atomic E-state index is 11.8. The molecule has 2 rings (SSSR count). The number of carbonyl (C=O) groups excluding carboxylic acids is 1. The lowest BCUT2D eigenvalue weighted by Crippen LogP contribution is -2.31. The molecule has 92 valence electrons. The van der Waals surface area contributed by atoms with Crippen molar-refractivity contribution in [1.82, 2.24) is 10.6 Å². The van der Waals surface area contributed by atoms with E-state index in [1.807, 2.05) is 0 Å². The highest BCUT2D eigenvalue weighted by Gasteiger charge is 2.33. The van der Waals surface area contributed by atoms with E-state index in [1.165, 1.54) is 11.1 Å². The van der Waals surface area contributed by atoms with Gasteiger partial charge < -0.3 is 10.6 Å². The molecule has 1 aromatic carbocycles. The van der Waals surface area contributed by atoms with Crippen molar-refractivity contribution in [1.29, 1.82) is 0 Å². The quantitative estimate of drug-likeness (QED) is 0.824. The molecule has 1 fully saturated rings. The molecule has 2 atom stereocenters. The summed E-state index contributed by atoms with van der Waals surface area (Å²) in [6, 6.07) is 8.64. The first-order valence-corrected chi connectivity index (χ1v) is 6.27. The third-order valence-corrected chi connectivity index (χ3v) is 3.61. The highest BCUT2D eigenvalue weighted by molar-refractivity contribution is 5.80. The van der Waals surface area contributed by atoms with Crippen molar-refractivity contribution in [3.63, 3.8) is 0 Å². The fourth-order valence-electron chi connectivity index (χ4n) is 2.49. The summed E-state index contributed by atoms with van der Waals surface area (Å²) < 4.78 is 0. The minimum atomic E-state index is 0.0625. The summed E-state index contributed by atoms with van der Waals surface area (Å²) in [5, 5.41) is 6.05. The van der Waals surface area contributed by atoms with Crippen molar-refractivity contribution in [2.24, 2.45) is 5.92 Å². The summed E-state index contributed by atoms with van der Waals surface area (Å²) in [5.74, 6) is 0.507. The van der Waals surface area contributed by atoms with Gasteiger partial charge in [-0.2, -0.15) is 0 Å². The predicted octanol–water partition coefficient (Wildman–Crippen LogP) is 1.30. The zero-order valence-corrected chi connectivity index (χ0v) is 10.5. The molecule has 2 N–H and O–H groups in total. The molecule has 0 aromatic heterocycles. The van der Waals surface area contributed by atoms with E-state index in [-0.39, 0.29) is 11.8 Å². The van der Waals surface area contributed by atoms with Gasteiger partial charge in [0.25, 0.3) is 0 Å². The van der Waals surface area contributed by atoms with Gasteiger partial charge in [0.1, 0.15) is 0 Å². The third kappa shape index (κ3) is 2.50. The molecule has 1 amide bonds. The van der Waals surface area contributed by atoms with E-state index < -0.39 is 0 Å². The van der Waals surface area contributed by atoms with Gasteiger partial charge in [0.15, 0.2) is 0 Å². The Morgan fingerprint density at radius 1 is 1.35 bits per heavy atom. The number of amides is 1. The van der Waals surface area contributed by atoms with Gasteiger partial charge in [-0.05, 0) is 17.5 Å². The third-order valence-electron chi connectivity index (χ3n) is 3.61. The molecule has 0 aliphatic carbocycles. The van der Waals surface area contributed by atoms with Crippen LogP contribution >= 0.6 is 0 Å². The first-order valence-electron chi connectivity index (χ1n) is 6.27. The minimum absolute atomic E-state index is 0.0625. The van der Waals surface area contributed by atoms with Crippen molar-refractivity contribution in [2.45, 2.75) is 19.3 Å². The Morgan fingerprint density at radius 3 is 2.65 bits per heavy atom. The number of benzene rings is 1. The molecule has 1 aliphatic heterocycles. The van der Waals surface area contributed by atoms with Crippen LogP contribution in [0.2, 0.25) is 0 Å². The number of aryl methyl sites for hydroxylation is 1. The largest absolute Gasteiger partial charge is 0.359 e. The maximum atomic E-state index is 11.8. The normalized spacial score (nSPS) is 23.6. The van der Waals surface area contributed by atoms with Gasteiger partial charge in [-0.25, -0.2) is 0 Å². The lowest BCUT2D eigenvalue weighted by atomic mass is 9.88. The van der Waals surface area contributed by atoms with Crippen LogP contribution in [0.1, 0.15) is 24.0 Å². The van der Waals surface area contributed by atoms with Crippen LogP contribution in [0.15, 0.2) is 24.3 Å². The Kier molecular flexibility index (Phi) is 3.79. The van der Waals surface area contributed by atoms with Gasteiger partial charge in [0, 0.05) is 26.1 Å². The Bertz CT molecular complexity index is 386. The molecule has 1 saturated heterocycles. The van der Waals surface area contributed by atoms with Crippen LogP contribution in [0.5, 0.6) is 0 Å². The van der Waals surface area contributed by atoms with Gasteiger partial charge in [-0.15, -0.1) is 0 Å². The zero-order valence-electron chi connectivity index (χ0n) is 10.5. The molecule has 0 spiro atoms. The SMILES string of the molecule is CCc1ccc([C@@H]2CNC[C@H]2C(=O)NC)cc1. The first-order chi connectivity index (χ1) is 8.26. The lowest BCUT2D eigenvalue weighted by Gasteiger charge is -2.17. The molecular weight excluding hydrogens is 212 g/mol. The Balaban J connectivity index is 2.17. The Labute approximate surface area is 103 Å². The Morgan fingerprint density at radius 2 is 2.06 bits per heavy atom. The molecule has 0 unspecified atom stereocenters. The molecule has 17 heavy (non-hydrogen) atoms. The molecule has 3 nitrogen and oxygen atoms in total. The van der Waals surface area contributed by atoms with Crippen LogP contribution in [-0.4, -0.2) is 26.0 Å². The second-order valence-corrected chi connectivity index (χ2v) is 4.58. The van der Waals surface area contributed by atoms with Gasteiger partial charge in [-0.1, -0.05) is 31.2 Å². The second kappa shape index (κ2) is 5.32. The molecule has 0 radical (unpaired) electrons. The Hall–Kier alpha value is -1.35. The van der Waals surface area contributed by atoms with E-state index in [0.29, 0.717) is 5.92 Å². The molecule has 1 heterocycles. The fourth-order valence-corrected chi connectivity index (χ4v) is 2.49. The molecule has 0 bridgehead atoms. The van der Waals surface area contributed by atoms with Crippen molar-refractivity contribution in [3.05, 3.63) is 35.4 Å². The summed E-state index contributed by atoms with van der Waals surface area (Å²) in [7, 11) is 1.71. The average Bonchev–Trinajstić information content (AvgIpc) is 2.87. The minimum Gasteiger partial charge on any atom is -0.359 e. The number of carbonyl (C=O) groups is 1. The summed E-state index contributed by atoms with van der Waals surface area (Å²) in [6.45, 7) is 3.82. The van der Waals surface area contributed by atoms with E-state index in [0.717, 1.165) is 19.5 Å². The highest BCUT2D eigenvalue weighted by Crippen LogP contribution is 2.28. The standard InChI is InChI=1S/C14H20N2O/c1-3-10-4-6-11(7-5-10)12-8-16-9-13(12)14(17)15-2/h4-7,12-13,16H,3,8-9H2,1-2H3,(H,15,17)/t12-,13+/m0/s1. The van der Waals surface area contributed by atoms with Crippen LogP contribution in [0.3, 0.4) is 0 Å². The highest BCUT2D eigenvalue weighted by atomic mass is 16.1. The second-order valence-electron chi connectivity index (χ2n) is 4.58. The summed E-state index contributed by atoms with van der Waals surface area (Å²) >= 11 is 0. The lowest BCUT2D eigenvalue weighted by molar-refractivity contribution is -0.124. The van der Waals surface area contributed by atoms with Crippen molar-refractivity contribution < 1.29 is 4.79 Å². The fraction of sp³-hybridized carbons (Fsp3) is 0.500. The number of hydrogen-bond donors (Lipinski definition) is 2. The number of nitrogens with one attached hydrogen (secondary N) is 2. The smallest absolute Gasteiger partial charge is 0.224 e. The van der Waals surface area contributed by atoms with E-state index in [4.69, 9.17) is 0 Å². The van der Waals surface area contributed by atoms with Crippen LogP contribution in [0, 0.1) is 5.92 Å². The van der Waals surface area contributed by atoms with E-state index >= 15 is 0 Å². The molecule has 1 aliphatic rings. The van der Waals surface area contributed by atoms with Crippen LogP contribution in [0.25, 0.3) is 0 Å². The number of hydrogen-bond acceptors (Lipinski definition) is 2. The van der Waals surface area contributed by atoms with Crippen LogP contribution < -0.4 is 10.6 Å². The number of rotatable bonds is 3. The van der Waals surface area contributed by atoms with Crippen molar-refractivity contribution >= 4 is 5.91 Å². The summed E-state index contributed by atoms with van der Waals surface area (Å²) in [4.78, 5) is 11.8. The summed E-state index contributed by atoms with van der Waals surface area (Å²) in [5.41, 5.74) is 2.61.